The molecule has 0 heterocycles. The van der Waals surface area contributed by atoms with Crippen molar-refractivity contribution in [1.29, 1.82) is 0 Å². The third-order valence-electron chi connectivity index (χ3n) is 3.60. The Morgan fingerprint density at radius 1 is 1.16 bits per heavy atom. The lowest BCUT2D eigenvalue weighted by atomic mass is 10.1. The highest BCUT2D eigenvalue weighted by Crippen LogP contribution is 2.09. The summed E-state index contributed by atoms with van der Waals surface area (Å²) in [4.78, 5) is 2.46. The second-order valence-electron chi connectivity index (χ2n) is 5.12. The van der Waals surface area contributed by atoms with Crippen molar-refractivity contribution in [2.24, 2.45) is 0 Å². The average Bonchev–Trinajstić information content (AvgIpc) is 2.43. The molecule has 0 aliphatic heterocycles. The van der Waals surface area contributed by atoms with E-state index in [2.05, 4.69) is 31.0 Å². The SMILES string of the molecule is CCN(CC)CCCC(C)NCc1ccc(O)cc1. The van der Waals surface area contributed by atoms with Gasteiger partial charge in [-0.15, -0.1) is 0 Å². The number of nitrogens with one attached hydrogen (secondary N) is 1. The average molecular weight is 264 g/mol. The molecule has 3 nitrogen and oxygen atoms in total. The summed E-state index contributed by atoms with van der Waals surface area (Å²) < 4.78 is 0. The van der Waals surface area contributed by atoms with E-state index < -0.39 is 0 Å². The van der Waals surface area contributed by atoms with E-state index >= 15 is 0 Å². The molecule has 0 aliphatic carbocycles. The highest BCUT2D eigenvalue weighted by atomic mass is 16.3. The molecule has 2 N–H and O–H groups in total. The predicted octanol–water partition coefficient (Wildman–Crippen LogP) is 2.99. The van der Waals surface area contributed by atoms with Gasteiger partial charge in [-0.1, -0.05) is 26.0 Å². The van der Waals surface area contributed by atoms with Crippen molar-refractivity contribution in [2.75, 3.05) is 19.6 Å². The van der Waals surface area contributed by atoms with E-state index in [0.717, 1.165) is 19.6 Å². The van der Waals surface area contributed by atoms with Gasteiger partial charge < -0.3 is 15.3 Å². The van der Waals surface area contributed by atoms with E-state index in [1.165, 1.54) is 24.9 Å². The van der Waals surface area contributed by atoms with Crippen LogP contribution in [-0.2, 0) is 6.54 Å². The topological polar surface area (TPSA) is 35.5 Å². The minimum atomic E-state index is 0.330. The van der Waals surface area contributed by atoms with E-state index in [4.69, 9.17) is 0 Å². The first-order chi connectivity index (χ1) is 9.15. The Morgan fingerprint density at radius 2 is 1.79 bits per heavy atom. The summed E-state index contributed by atoms with van der Waals surface area (Å²) in [6, 6.07) is 7.93. The summed E-state index contributed by atoms with van der Waals surface area (Å²) >= 11 is 0. The van der Waals surface area contributed by atoms with Crippen LogP contribution in [0.15, 0.2) is 24.3 Å². The molecule has 0 aliphatic rings. The van der Waals surface area contributed by atoms with Gasteiger partial charge >= 0.3 is 0 Å². The number of phenolic OH excluding ortho intramolecular Hbond substituents is 1. The van der Waals surface area contributed by atoms with Gasteiger partial charge in [-0.2, -0.15) is 0 Å². The maximum Gasteiger partial charge on any atom is 0.115 e. The van der Waals surface area contributed by atoms with Gasteiger partial charge in [-0.3, -0.25) is 0 Å². The number of hydrogen-bond acceptors (Lipinski definition) is 3. The smallest absolute Gasteiger partial charge is 0.115 e. The van der Waals surface area contributed by atoms with Crippen molar-refractivity contribution in [3.8, 4) is 5.75 Å². The molecule has 3 heteroatoms. The molecule has 1 aromatic carbocycles. The van der Waals surface area contributed by atoms with Gasteiger partial charge in [-0.05, 0) is 57.1 Å². The third kappa shape index (κ3) is 6.60. The molecule has 0 fully saturated rings. The van der Waals surface area contributed by atoms with Gasteiger partial charge in [0.15, 0.2) is 0 Å². The molecular weight excluding hydrogens is 236 g/mol. The second kappa shape index (κ2) is 8.94. The molecule has 0 bridgehead atoms. The molecule has 19 heavy (non-hydrogen) atoms. The van der Waals surface area contributed by atoms with Gasteiger partial charge in [0.25, 0.3) is 0 Å². The van der Waals surface area contributed by atoms with Crippen LogP contribution in [-0.4, -0.2) is 35.7 Å². The standard InChI is InChI=1S/C16H28N2O/c1-4-18(5-2)12-6-7-14(3)17-13-15-8-10-16(19)11-9-15/h8-11,14,17,19H,4-7,12-13H2,1-3H3. The maximum atomic E-state index is 9.22. The first-order valence-electron chi connectivity index (χ1n) is 7.39. The number of hydrogen-bond donors (Lipinski definition) is 2. The number of aromatic hydroxyl groups is 1. The molecule has 0 saturated heterocycles. The zero-order chi connectivity index (χ0) is 14.1. The number of benzene rings is 1. The fourth-order valence-corrected chi connectivity index (χ4v) is 2.17. The molecule has 0 aromatic heterocycles. The van der Waals surface area contributed by atoms with Crippen LogP contribution in [0.1, 0.15) is 39.2 Å². The highest BCUT2D eigenvalue weighted by Gasteiger charge is 2.04. The summed E-state index contributed by atoms with van der Waals surface area (Å²) in [5.74, 6) is 0.330. The fraction of sp³-hybridized carbons (Fsp3) is 0.625. The first kappa shape index (κ1) is 16.0. The molecule has 1 rings (SSSR count). The molecule has 108 valence electrons. The lowest BCUT2D eigenvalue weighted by Crippen LogP contribution is -2.28. The summed E-state index contributed by atoms with van der Waals surface area (Å²) in [5.41, 5.74) is 1.22. The Balaban J connectivity index is 2.17. The minimum absolute atomic E-state index is 0.330. The van der Waals surface area contributed by atoms with Crippen molar-refractivity contribution < 1.29 is 5.11 Å². The first-order valence-corrected chi connectivity index (χ1v) is 7.39. The lowest BCUT2D eigenvalue weighted by molar-refractivity contribution is 0.290. The molecule has 1 atom stereocenters. The fourth-order valence-electron chi connectivity index (χ4n) is 2.17. The van der Waals surface area contributed by atoms with Crippen molar-refractivity contribution in [3.05, 3.63) is 29.8 Å². The molecule has 1 aromatic rings. The molecule has 0 saturated carbocycles. The van der Waals surface area contributed by atoms with Gasteiger partial charge in [-0.25, -0.2) is 0 Å². The predicted molar refractivity (Wildman–Crippen MR) is 81.4 cm³/mol. The Labute approximate surface area is 117 Å². The number of nitrogens with zero attached hydrogens (tertiary/aromatic N) is 1. The summed E-state index contributed by atoms with van der Waals surface area (Å²) in [6.07, 6.45) is 2.44. The summed E-state index contributed by atoms with van der Waals surface area (Å²) in [6.45, 7) is 11.0. The van der Waals surface area contributed by atoms with Crippen LogP contribution in [0.25, 0.3) is 0 Å². The van der Waals surface area contributed by atoms with Crippen LogP contribution >= 0.6 is 0 Å². The van der Waals surface area contributed by atoms with Crippen molar-refractivity contribution in [2.45, 2.75) is 46.2 Å². The van der Waals surface area contributed by atoms with E-state index in [1.54, 1.807) is 12.1 Å². The van der Waals surface area contributed by atoms with Crippen LogP contribution in [0.2, 0.25) is 0 Å². The largest absolute Gasteiger partial charge is 0.508 e. The van der Waals surface area contributed by atoms with Gasteiger partial charge in [0.05, 0.1) is 0 Å². The molecule has 0 amide bonds. The van der Waals surface area contributed by atoms with Crippen LogP contribution in [0.3, 0.4) is 0 Å². The van der Waals surface area contributed by atoms with Crippen LogP contribution in [0, 0.1) is 0 Å². The van der Waals surface area contributed by atoms with E-state index in [0.29, 0.717) is 11.8 Å². The van der Waals surface area contributed by atoms with E-state index in [1.807, 2.05) is 12.1 Å². The molecule has 1 unspecified atom stereocenters. The molecule has 0 radical (unpaired) electrons. The normalized spacial score (nSPS) is 12.8. The van der Waals surface area contributed by atoms with Gasteiger partial charge in [0.1, 0.15) is 5.75 Å². The van der Waals surface area contributed by atoms with Crippen LogP contribution < -0.4 is 5.32 Å². The van der Waals surface area contributed by atoms with Gasteiger partial charge in [0.2, 0.25) is 0 Å². The van der Waals surface area contributed by atoms with Crippen LogP contribution in [0.4, 0.5) is 0 Å². The zero-order valence-electron chi connectivity index (χ0n) is 12.5. The monoisotopic (exact) mass is 264 g/mol. The molecular formula is C16H28N2O. The van der Waals surface area contributed by atoms with Crippen LogP contribution in [0.5, 0.6) is 5.75 Å². The van der Waals surface area contributed by atoms with Crippen molar-refractivity contribution in [1.82, 2.24) is 10.2 Å². The lowest BCUT2D eigenvalue weighted by Gasteiger charge is -2.19. The summed E-state index contributed by atoms with van der Waals surface area (Å²) in [7, 11) is 0. The molecule has 0 spiro atoms. The second-order valence-corrected chi connectivity index (χ2v) is 5.12. The Hall–Kier alpha value is -1.06. The highest BCUT2D eigenvalue weighted by molar-refractivity contribution is 5.25. The Bertz CT molecular complexity index is 333. The Kier molecular flexibility index (Phi) is 7.53. The van der Waals surface area contributed by atoms with Crippen molar-refractivity contribution >= 4 is 0 Å². The maximum absolute atomic E-state index is 9.22. The van der Waals surface area contributed by atoms with E-state index in [-0.39, 0.29) is 0 Å². The number of phenols is 1. The quantitative estimate of drug-likeness (QED) is 0.720. The number of rotatable bonds is 9. The van der Waals surface area contributed by atoms with Gasteiger partial charge in [0, 0.05) is 12.6 Å². The van der Waals surface area contributed by atoms with E-state index in [9.17, 15) is 5.11 Å². The minimum Gasteiger partial charge on any atom is -0.508 e. The third-order valence-corrected chi connectivity index (χ3v) is 3.60. The Morgan fingerprint density at radius 3 is 2.37 bits per heavy atom. The van der Waals surface area contributed by atoms with Crippen molar-refractivity contribution in [3.63, 3.8) is 0 Å². The summed E-state index contributed by atoms with van der Waals surface area (Å²) in [5, 5.41) is 12.8. The zero-order valence-corrected chi connectivity index (χ0v) is 12.5.